The van der Waals surface area contributed by atoms with E-state index < -0.39 is 0 Å². The van der Waals surface area contributed by atoms with Crippen molar-refractivity contribution >= 4 is 22.7 Å². The van der Waals surface area contributed by atoms with Gasteiger partial charge in [-0.1, -0.05) is 42.5 Å². The van der Waals surface area contributed by atoms with Crippen LogP contribution in [0.4, 0.5) is 5.95 Å². The van der Waals surface area contributed by atoms with Gasteiger partial charge in [0.05, 0.1) is 0 Å². The normalized spacial score (nSPS) is 15.1. The first-order chi connectivity index (χ1) is 13.8. The van der Waals surface area contributed by atoms with E-state index in [-0.39, 0.29) is 0 Å². The molecule has 2 heterocycles. The highest BCUT2D eigenvalue weighted by Crippen LogP contribution is 2.18. The van der Waals surface area contributed by atoms with Crippen LogP contribution in [0.5, 0.6) is 0 Å². The van der Waals surface area contributed by atoms with Crippen molar-refractivity contribution in [2.45, 2.75) is 6.42 Å². The Balaban J connectivity index is 1.32. The molecule has 0 amide bonds. The molecule has 0 spiro atoms. The zero-order valence-corrected chi connectivity index (χ0v) is 16.3. The average molecular weight is 374 g/mol. The van der Waals surface area contributed by atoms with Crippen molar-refractivity contribution in [2.24, 2.45) is 4.99 Å². The van der Waals surface area contributed by atoms with Gasteiger partial charge in [0.15, 0.2) is 5.96 Å². The second kappa shape index (κ2) is 8.69. The predicted molar refractivity (Wildman–Crippen MR) is 115 cm³/mol. The third kappa shape index (κ3) is 4.06. The van der Waals surface area contributed by atoms with Gasteiger partial charge in [0.2, 0.25) is 5.95 Å². The van der Waals surface area contributed by atoms with E-state index in [1.54, 1.807) is 12.4 Å². The highest BCUT2D eigenvalue weighted by atomic mass is 15.4. The van der Waals surface area contributed by atoms with Gasteiger partial charge in [-0.25, -0.2) is 9.97 Å². The Hall–Kier alpha value is -3.15. The largest absolute Gasteiger partial charge is 0.356 e. The molecule has 0 unspecified atom stereocenters. The fraction of sp³-hybridized carbons (Fsp3) is 0.318. The molecule has 0 saturated carbocycles. The van der Waals surface area contributed by atoms with Crippen LogP contribution in [0.3, 0.4) is 0 Å². The average Bonchev–Trinajstić information content (AvgIpc) is 2.78. The molecular formula is C22H26N6. The fourth-order valence-electron chi connectivity index (χ4n) is 3.72. The van der Waals surface area contributed by atoms with Crippen LogP contribution in [0.25, 0.3) is 10.8 Å². The van der Waals surface area contributed by atoms with Crippen LogP contribution < -0.4 is 10.2 Å². The summed E-state index contributed by atoms with van der Waals surface area (Å²) in [5, 5.41) is 6.16. The highest BCUT2D eigenvalue weighted by molar-refractivity contribution is 5.85. The number of nitrogens with one attached hydrogen (secondary N) is 1. The van der Waals surface area contributed by atoms with Gasteiger partial charge in [-0.3, -0.25) is 4.99 Å². The van der Waals surface area contributed by atoms with Crippen molar-refractivity contribution in [3.63, 3.8) is 0 Å². The number of aliphatic imine (C=N–C) groups is 1. The number of guanidine groups is 1. The quantitative estimate of drug-likeness (QED) is 0.562. The summed E-state index contributed by atoms with van der Waals surface area (Å²) in [5.74, 6) is 1.77. The first kappa shape index (κ1) is 18.2. The van der Waals surface area contributed by atoms with E-state index in [0.29, 0.717) is 0 Å². The van der Waals surface area contributed by atoms with Crippen molar-refractivity contribution < 1.29 is 0 Å². The van der Waals surface area contributed by atoms with Crippen LogP contribution in [0, 0.1) is 0 Å². The summed E-state index contributed by atoms with van der Waals surface area (Å²) in [6.07, 6.45) is 4.56. The summed E-state index contributed by atoms with van der Waals surface area (Å²) in [4.78, 5) is 17.7. The molecule has 6 heteroatoms. The van der Waals surface area contributed by atoms with E-state index in [1.165, 1.54) is 16.3 Å². The number of fused-ring (bicyclic) bond motifs is 1. The molecule has 28 heavy (non-hydrogen) atoms. The van der Waals surface area contributed by atoms with Gasteiger partial charge >= 0.3 is 0 Å². The summed E-state index contributed by atoms with van der Waals surface area (Å²) in [5.41, 5.74) is 1.37. The Morgan fingerprint density at radius 3 is 2.50 bits per heavy atom. The second-order valence-corrected chi connectivity index (χ2v) is 6.89. The van der Waals surface area contributed by atoms with Gasteiger partial charge in [-0.15, -0.1) is 0 Å². The molecule has 1 aliphatic rings. The SMILES string of the molecule is CN=C(NCCc1cccc2ccccc12)N1CCN(c2ncccn2)CC1. The monoisotopic (exact) mass is 374 g/mol. The molecular weight excluding hydrogens is 348 g/mol. The van der Waals surface area contributed by atoms with Gasteiger partial charge in [0.1, 0.15) is 0 Å². The summed E-state index contributed by atoms with van der Waals surface area (Å²) in [6, 6.07) is 16.9. The third-order valence-corrected chi connectivity index (χ3v) is 5.18. The molecule has 0 aliphatic carbocycles. The van der Waals surface area contributed by atoms with Gasteiger partial charge in [0.25, 0.3) is 0 Å². The lowest BCUT2D eigenvalue weighted by atomic mass is 10.0. The Morgan fingerprint density at radius 2 is 1.71 bits per heavy atom. The molecule has 1 aromatic heterocycles. The van der Waals surface area contributed by atoms with Crippen molar-refractivity contribution in [1.29, 1.82) is 0 Å². The minimum atomic E-state index is 0.807. The van der Waals surface area contributed by atoms with E-state index in [4.69, 9.17) is 0 Å². The number of hydrogen-bond donors (Lipinski definition) is 1. The smallest absolute Gasteiger partial charge is 0.225 e. The number of anilines is 1. The molecule has 0 atom stereocenters. The van der Waals surface area contributed by atoms with E-state index >= 15 is 0 Å². The summed E-state index contributed by atoms with van der Waals surface area (Å²) in [7, 11) is 1.85. The number of nitrogens with zero attached hydrogens (tertiary/aromatic N) is 5. The van der Waals surface area contributed by atoms with Crippen LogP contribution in [0.2, 0.25) is 0 Å². The Kier molecular flexibility index (Phi) is 5.66. The zero-order chi connectivity index (χ0) is 19.2. The number of hydrogen-bond acceptors (Lipinski definition) is 4. The van der Waals surface area contributed by atoms with Gasteiger partial charge in [0, 0.05) is 52.2 Å². The van der Waals surface area contributed by atoms with Crippen molar-refractivity contribution in [3.05, 3.63) is 66.5 Å². The van der Waals surface area contributed by atoms with Crippen molar-refractivity contribution in [3.8, 4) is 0 Å². The fourth-order valence-corrected chi connectivity index (χ4v) is 3.72. The maximum absolute atomic E-state index is 4.48. The van der Waals surface area contributed by atoms with Crippen LogP contribution in [-0.2, 0) is 6.42 Å². The van der Waals surface area contributed by atoms with E-state index in [2.05, 4.69) is 72.5 Å². The van der Waals surface area contributed by atoms with E-state index in [9.17, 15) is 0 Å². The third-order valence-electron chi connectivity index (χ3n) is 5.18. The first-order valence-corrected chi connectivity index (χ1v) is 9.79. The number of aromatic nitrogens is 2. The molecule has 144 valence electrons. The molecule has 1 fully saturated rings. The molecule has 4 rings (SSSR count). The highest BCUT2D eigenvalue weighted by Gasteiger charge is 2.20. The lowest BCUT2D eigenvalue weighted by molar-refractivity contribution is 0.370. The van der Waals surface area contributed by atoms with E-state index in [1.807, 2.05) is 13.1 Å². The molecule has 1 saturated heterocycles. The minimum Gasteiger partial charge on any atom is -0.356 e. The van der Waals surface area contributed by atoms with Crippen LogP contribution in [0.15, 0.2) is 65.9 Å². The molecule has 0 radical (unpaired) electrons. The predicted octanol–water partition coefficient (Wildman–Crippen LogP) is 2.57. The molecule has 0 bridgehead atoms. The lowest BCUT2D eigenvalue weighted by Crippen LogP contribution is -2.53. The maximum atomic E-state index is 4.48. The van der Waals surface area contributed by atoms with Crippen LogP contribution in [-0.4, -0.2) is 60.6 Å². The molecule has 1 aliphatic heterocycles. The second-order valence-electron chi connectivity index (χ2n) is 6.89. The number of benzene rings is 2. The Morgan fingerprint density at radius 1 is 0.964 bits per heavy atom. The molecule has 6 nitrogen and oxygen atoms in total. The van der Waals surface area contributed by atoms with Gasteiger partial charge in [-0.2, -0.15) is 0 Å². The number of rotatable bonds is 4. The Bertz CT molecular complexity index is 927. The molecule has 1 N–H and O–H groups in total. The Labute approximate surface area is 165 Å². The standard InChI is InChI=1S/C22H26N6/c1-23-21(27-14-16-28(17-15-27)22-24-11-5-12-25-22)26-13-10-19-8-4-7-18-6-2-3-9-20(18)19/h2-9,11-12H,10,13-17H2,1H3,(H,23,26). The van der Waals surface area contributed by atoms with Crippen LogP contribution >= 0.6 is 0 Å². The van der Waals surface area contributed by atoms with Crippen LogP contribution in [0.1, 0.15) is 5.56 Å². The molecule has 3 aromatic rings. The number of piperazine rings is 1. The summed E-state index contributed by atoms with van der Waals surface area (Å²) < 4.78 is 0. The lowest BCUT2D eigenvalue weighted by Gasteiger charge is -2.36. The van der Waals surface area contributed by atoms with Crippen molar-refractivity contribution in [2.75, 3.05) is 44.7 Å². The van der Waals surface area contributed by atoms with Gasteiger partial charge < -0.3 is 15.1 Å². The van der Waals surface area contributed by atoms with Crippen molar-refractivity contribution in [1.82, 2.24) is 20.2 Å². The topological polar surface area (TPSA) is 56.7 Å². The molecule has 2 aromatic carbocycles. The summed E-state index contributed by atoms with van der Waals surface area (Å²) in [6.45, 7) is 4.48. The first-order valence-electron chi connectivity index (χ1n) is 9.79. The minimum absolute atomic E-state index is 0.807. The maximum Gasteiger partial charge on any atom is 0.225 e. The summed E-state index contributed by atoms with van der Waals surface area (Å²) >= 11 is 0. The van der Waals surface area contributed by atoms with Gasteiger partial charge in [-0.05, 0) is 28.8 Å². The zero-order valence-electron chi connectivity index (χ0n) is 16.3. The van der Waals surface area contributed by atoms with E-state index in [0.717, 1.165) is 51.1 Å².